The lowest BCUT2D eigenvalue weighted by atomic mass is 10.1. The monoisotopic (exact) mass is 388 g/mol. The number of carbonyl (C=O) groups is 1. The second kappa shape index (κ2) is 7.05. The fourth-order valence-corrected chi connectivity index (χ4v) is 3.62. The first-order valence-electron chi connectivity index (χ1n) is 8.15. The van der Waals surface area contributed by atoms with Crippen molar-refractivity contribution in [2.45, 2.75) is 11.8 Å². The molecule has 1 heterocycles. The molecule has 3 aromatic rings. The van der Waals surface area contributed by atoms with Crippen molar-refractivity contribution in [1.29, 1.82) is 0 Å². The fourth-order valence-electron chi connectivity index (χ4n) is 2.68. The van der Waals surface area contributed by atoms with E-state index in [0.29, 0.717) is 22.6 Å². The first-order chi connectivity index (χ1) is 12.7. The Morgan fingerprint density at radius 3 is 2.56 bits per heavy atom. The number of methoxy groups -OCH3 is 1. The van der Waals surface area contributed by atoms with E-state index in [1.165, 1.54) is 26.2 Å². The number of carbonyl (C=O) groups excluding carboxylic acids is 1. The Morgan fingerprint density at radius 2 is 1.89 bits per heavy atom. The highest BCUT2D eigenvalue weighted by Gasteiger charge is 2.20. The van der Waals surface area contributed by atoms with Gasteiger partial charge in [-0.3, -0.25) is 4.79 Å². The number of amides is 1. The van der Waals surface area contributed by atoms with Crippen molar-refractivity contribution in [3.8, 4) is 5.75 Å². The van der Waals surface area contributed by atoms with Crippen LogP contribution in [0.5, 0.6) is 5.75 Å². The molecule has 0 aliphatic rings. The number of sulfonamides is 1. The average molecular weight is 388 g/mol. The van der Waals surface area contributed by atoms with E-state index >= 15 is 0 Å². The first kappa shape index (κ1) is 18.9. The maximum absolute atomic E-state index is 12.7. The summed E-state index contributed by atoms with van der Waals surface area (Å²) in [6, 6.07) is 11.4. The zero-order valence-electron chi connectivity index (χ0n) is 15.4. The summed E-state index contributed by atoms with van der Waals surface area (Å²) in [5.41, 5.74) is 1.61. The summed E-state index contributed by atoms with van der Waals surface area (Å²) in [6.07, 6.45) is 0. The molecule has 0 atom stereocenters. The molecule has 0 radical (unpaired) electrons. The molecule has 1 aromatic heterocycles. The molecule has 2 aromatic carbocycles. The summed E-state index contributed by atoms with van der Waals surface area (Å²) in [6.45, 7) is 1.78. The third kappa shape index (κ3) is 3.54. The number of furan rings is 1. The number of hydrogen-bond acceptors (Lipinski definition) is 5. The van der Waals surface area contributed by atoms with Crippen LogP contribution in [0.25, 0.3) is 11.0 Å². The van der Waals surface area contributed by atoms with Crippen molar-refractivity contribution in [1.82, 2.24) is 4.31 Å². The minimum absolute atomic E-state index is 0.0939. The number of rotatable bonds is 5. The smallest absolute Gasteiger partial charge is 0.291 e. The van der Waals surface area contributed by atoms with Crippen LogP contribution in [0.4, 0.5) is 5.69 Å². The Bertz CT molecular complexity index is 1120. The van der Waals surface area contributed by atoms with E-state index in [4.69, 9.17) is 9.15 Å². The number of fused-ring (bicyclic) bond motifs is 1. The Kier molecular flexibility index (Phi) is 4.95. The van der Waals surface area contributed by atoms with E-state index < -0.39 is 15.9 Å². The zero-order valence-corrected chi connectivity index (χ0v) is 16.3. The third-order valence-corrected chi connectivity index (χ3v) is 6.03. The number of nitrogens with zero attached hydrogens (tertiary/aromatic N) is 1. The number of ether oxygens (including phenoxy) is 1. The lowest BCUT2D eigenvalue weighted by molar-refractivity contribution is 0.0998. The van der Waals surface area contributed by atoms with Gasteiger partial charge in [-0.05, 0) is 43.3 Å². The number of nitrogens with one attached hydrogen (secondary N) is 1. The van der Waals surface area contributed by atoms with Crippen LogP contribution in [0, 0.1) is 6.92 Å². The molecular formula is C19H20N2O5S. The highest BCUT2D eigenvalue weighted by molar-refractivity contribution is 7.89. The van der Waals surface area contributed by atoms with Crippen molar-refractivity contribution in [2.24, 2.45) is 0 Å². The number of benzene rings is 2. The molecule has 142 valence electrons. The van der Waals surface area contributed by atoms with Crippen LogP contribution in [0.1, 0.15) is 16.1 Å². The maximum Gasteiger partial charge on any atom is 0.291 e. The van der Waals surface area contributed by atoms with E-state index in [2.05, 4.69) is 5.32 Å². The molecule has 0 saturated heterocycles. The molecule has 0 aliphatic heterocycles. The molecule has 0 bridgehead atoms. The van der Waals surface area contributed by atoms with Crippen LogP contribution in [-0.2, 0) is 10.0 Å². The minimum Gasteiger partial charge on any atom is -0.497 e. The molecule has 27 heavy (non-hydrogen) atoms. The minimum atomic E-state index is -3.59. The van der Waals surface area contributed by atoms with Crippen molar-refractivity contribution in [3.05, 3.63) is 53.8 Å². The summed E-state index contributed by atoms with van der Waals surface area (Å²) in [7, 11) is 0.879. The quantitative estimate of drug-likeness (QED) is 0.725. The second-order valence-corrected chi connectivity index (χ2v) is 8.34. The highest BCUT2D eigenvalue weighted by Crippen LogP contribution is 2.29. The van der Waals surface area contributed by atoms with Crippen LogP contribution in [0.15, 0.2) is 51.8 Å². The number of anilines is 1. The molecule has 0 fully saturated rings. The molecule has 0 unspecified atom stereocenters. The predicted octanol–water partition coefficient (Wildman–Crippen LogP) is 3.25. The van der Waals surface area contributed by atoms with Crippen molar-refractivity contribution in [3.63, 3.8) is 0 Å². The van der Waals surface area contributed by atoms with Gasteiger partial charge < -0.3 is 14.5 Å². The average Bonchev–Trinajstić information content (AvgIpc) is 2.98. The molecule has 8 heteroatoms. The molecule has 1 amide bonds. The van der Waals surface area contributed by atoms with Gasteiger partial charge in [-0.25, -0.2) is 12.7 Å². The Balaban J connectivity index is 1.92. The van der Waals surface area contributed by atoms with Crippen LogP contribution >= 0.6 is 0 Å². The fraction of sp³-hybridized carbons (Fsp3) is 0.211. The van der Waals surface area contributed by atoms with E-state index in [-0.39, 0.29) is 10.7 Å². The summed E-state index contributed by atoms with van der Waals surface area (Å²) in [5, 5.41) is 3.47. The largest absolute Gasteiger partial charge is 0.497 e. The molecule has 0 saturated carbocycles. The van der Waals surface area contributed by atoms with Gasteiger partial charge in [0.2, 0.25) is 10.0 Å². The van der Waals surface area contributed by atoms with Gasteiger partial charge in [0.1, 0.15) is 11.3 Å². The van der Waals surface area contributed by atoms with Crippen LogP contribution in [0.2, 0.25) is 0 Å². The van der Waals surface area contributed by atoms with Crippen molar-refractivity contribution < 1.29 is 22.4 Å². The summed E-state index contributed by atoms with van der Waals surface area (Å²) in [5.74, 6) is 0.376. The van der Waals surface area contributed by atoms with Gasteiger partial charge in [0, 0.05) is 30.7 Å². The molecule has 1 N–H and O–H groups in total. The van der Waals surface area contributed by atoms with Gasteiger partial charge in [0.25, 0.3) is 5.91 Å². The van der Waals surface area contributed by atoms with Gasteiger partial charge >= 0.3 is 0 Å². The van der Waals surface area contributed by atoms with Gasteiger partial charge in [0.05, 0.1) is 12.0 Å². The second-order valence-electron chi connectivity index (χ2n) is 6.19. The topological polar surface area (TPSA) is 88.8 Å². The molecule has 7 nitrogen and oxygen atoms in total. The maximum atomic E-state index is 12.7. The normalized spacial score (nSPS) is 11.7. The zero-order chi connectivity index (χ0) is 19.8. The molecule has 0 spiro atoms. The standard InChI is InChI=1S/C19H20N2O5S/c1-12-16-11-14(25-4)8-9-17(16)26-18(12)19(22)20-13-6-5-7-15(10-13)27(23,24)21(2)3/h5-11H,1-4H3,(H,20,22). The summed E-state index contributed by atoms with van der Waals surface area (Å²) < 4.78 is 36.5. The summed E-state index contributed by atoms with van der Waals surface area (Å²) in [4.78, 5) is 12.8. The van der Waals surface area contributed by atoms with E-state index in [1.54, 1.807) is 44.4 Å². The number of hydrogen-bond donors (Lipinski definition) is 1. The molecule has 3 rings (SSSR count). The Morgan fingerprint density at radius 1 is 1.15 bits per heavy atom. The van der Waals surface area contributed by atoms with Crippen LogP contribution in [0.3, 0.4) is 0 Å². The van der Waals surface area contributed by atoms with Crippen molar-refractivity contribution >= 4 is 32.6 Å². The van der Waals surface area contributed by atoms with Gasteiger partial charge in [-0.1, -0.05) is 6.07 Å². The van der Waals surface area contributed by atoms with Gasteiger partial charge in [-0.2, -0.15) is 0 Å². The highest BCUT2D eigenvalue weighted by atomic mass is 32.2. The first-order valence-corrected chi connectivity index (χ1v) is 9.59. The van der Waals surface area contributed by atoms with Crippen molar-refractivity contribution in [2.75, 3.05) is 26.5 Å². The Hall–Kier alpha value is -2.84. The lowest BCUT2D eigenvalue weighted by Gasteiger charge is -2.12. The van der Waals surface area contributed by atoms with E-state index in [0.717, 1.165) is 9.69 Å². The number of aryl methyl sites for hydroxylation is 1. The van der Waals surface area contributed by atoms with E-state index in [9.17, 15) is 13.2 Å². The lowest BCUT2D eigenvalue weighted by Crippen LogP contribution is -2.22. The summed E-state index contributed by atoms with van der Waals surface area (Å²) >= 11 is 0. The van der Waals surface area contributed by atoms with Gasteiger partial charge in [0.15, 0.2) is 5.76 Å². The molecule has 0 aliphatic carbocycles. The molecular weight excluding hydrogens is 368 g/mol. The van der Waals surface area contributed by atoms with Crippen LogP contribution in [-0.4, -0.2) is 39.8 Å². The predicted molar refractivity (Wildman–Crippen MR) is 103 cm³/mol. The Labute approximate surface area is 157 Å². The SMILES string of the molecule is COc1ccc2oc(C(=O)Nc3cccc(S(=O)(=O)N(C)C)c3)c(C)c2c1. The third-order valence-electron chi connectivity index (χ3n) is 4.22. The van der Waals surface area contributed by atoms with Gasteiger partial charge in [-0.15, -0.1) is 0 Å². The van der Waals surface area contributed by atoms with Crippen LogP contribution < -0.4 is 10.1 Å². The van der Waals surface area contributed by atoms with E-state index in [1.807, 2.05) is 0 Å².